The van der Waals surface area contributed by atoms with Crippen molar-refractivity contribution in [1.82, 2.24) is 0 Å². The normalized spacial score (nSPS) is 11.6. The van der Waals surface area contributed by atoms with Gasteiger partial charge < -0.3 is 17.2 Å². The van der Waals surface area contributed by atoms with Crippen LogP contribution in [0.4, 0.5) is 22.0 Å². The van der Waals surface area contributed by atoms with Gasteiger partial charge in [-0.2, -0.15) is 0 Å². The molecule has 0 aromatic heterocycles. The molecule has 0 saturated heterocycles. The molecular formula is C20H40F6NaO-. The Labute approximate surface area is 191 Å². The van der Waals surface area contributed by atoms with Crippen LogP contribution in [0.15, 0.2) is 11.9 Å². The Kier molecular flexibility index (Phi) is 31.1. The van der Waals surface area contributed by atoms with Crippen molar-refractivity contribution in [1.29, 1.82) is 0 Å². The molecule has 0 radical (unpaired) electrons. The summed E-state index contributed by atoms with van der Waals surface area (Å²) in [4.78, 5) is 0. The van der Waals surface area contributed by atoms with Crippen LogP contribution in [0, 0.1) is 31.1 Å². The monoisotopic (exact) mass is 433 g/mol. The van der Waals surface area contributed by atoms with Gasteiger partial charge in [-0.15, -0.1) is 0 Å². The molecule has 0 aliphatic heterocycles. The molecule has 0 heterocycles. The van der Waals surface area contributed by atoms with Crippen LogP contribution >= 0.6 is 0 Å². The largest absolute Gasteiger partial charge is 1.00 e. The summed E-state index contributed by atoms with van der Waals surface area (Å²) in [7, 11) is 1.00. The zero-order valence-corrected chi connectivity index (χ0v) is 21.5. The van der Waals surface area contributed by atoms with Gasteiger partial charge in [0, 0.05) is 37.9 Å². The topological polar surface area (TPSA) is 20.2 Å². The minimum absolute atomic E-state index is 0. The number of allylic oxidation sites excluding steroid dienone is 2. The van der Waals surface area contributed by atoms with Crippen molar-refractivity contribution in [2.75, 3.05) is 7.11 Å². The molecule has 0 atom stereocenters. The first-order chi connectivity index (χ1) is 11.1. The number of hydrogen-bond acceptors (Lipinski definition) is 1. The van der Waals surface area contributed by atoms with Gasteiger partial charge in [0.05, 0.1) is 0 Å². The second kappa shape index (κ2) is 20.5. The van der Waals surface area contributed by atoms with Crippen LogP contribution in [-0.2, 0) is 0 Å². The molecule has 1 nitrogen and oxygen atoms in total. The standard InChI is InChI=1S/C10H17F3.C8H16F2.CH4O.CH3.FH.Na/c1-7(2)5-10(12,13)6-9(11)8(3)4;1-6(2)5-8(9,10)7(3)4;1-2;;;/h6-8H,5H2,1-4H3;6-7H,5H2,1-4H3;2H,1H3;1H3;1H;/q;;;-1;;+1/p-1/b9-6-;;;;;. The predicted molar refractivity (Wildman–Crippen MR) is 102 cm³/mol. The van der Waals surface area contributed by atoms with Gasteiger partial charge in [-0.25, -0.2) is 22.0 Å². The fourth-order valence-electron chi connectivity index (χ4n) is 1.75. The molecule has 0 aliphatic carbocycles. The first-order valence-electron chi connectivity index (χ1n) is 8.69. The van der Waals surface area contributed by atoms with E-state index in [-0.39, 0.29) is 66.4 Å². The van der Waals surface area contributed by atoms with Crippen LogP contribution in [0.3, 0.4) is 0 Å². The van der Waals surface area contributed by atoms with Crippen LogP contribution in [0.1, 0.15) is 68.2 Å². The minimum Gasteiger partial charge on any atom is -1.00 e. The Balaban J connectivity index is -0.0000000736. The molecule has 0 bridgehead atoms. The fourth-order valence-corrected chi connectivity index (χ4v) is 1.75. The number of hydrogen-bond donors (Lipinski definition) is 1. The summed E-state index contributed by atoms with van der Waals surface area (Å²) in [5.41, 5.74) is 0. The zero-order valence-electron chi connectivity index (χ0n) is 19.5. The minimum atomic E-state index is -3.01. The van der Waals surface area contributed by atoms with E-state index in [1.54, 1.807) is 41.5 Å². The molecule has 170 valence electrons. The molecule has 8 heteroatoms. The van der Waals surface area contributed by atoms with Gasteiger partial charge in [0.25, 0.3) is 11.8 Å². The Hall–Kier alpha value is 0.280. The Morgan fingerprint density at radius 1 is 0.821 bits per heavy atom. The van der Waals surface area contributed by atoms with Crippen molar-refractivity contribution in [3.63, 3.8) is 0 Å². The van der Waals surface area contributed by atoms with Gasteiger partial charge in [-0.05, 0) is 11.8 Å². The summed E-state index contributed by atoms with van der Waals surface area (Å²) in [6.45, 7) is 13.2. The van der Waals surface area contributed by atoms with Crippen LogP contribution in [0.25, 0.3) is 0 Å². The van der Waals surface area contributed by atoms with E-state index in [0.29, 0.717) is 6.08 Å². The summed E-state index contributed by atoms with van der Waals surface area (Å²) < 4.78 is 64.4. The van der Waals surface area contributed by atoms with Gasteiger partial charge in [-0.1, -0.05) is 55.4 Å². The van der Waals surface area contributed by atoms with Crippen molar-refractivity contribution in [3.05, 3.63) is 19.3 Å². The number of halogens is 6. The molecular weight excluding hydrogens is 393 g/mol. The average molecular weight is 434 g/mol. The Bertz CT molecular complexity index is 357. The van der Waals surface area contributed by atoms with Gasteiger partial charge in [0.2, 0.25) is 0 Å². The number of rotatable bonds is 7. The van der Waals surface area contributed by atoms with Gasteiger partial charge in [0.15, 0.2) is 0 Å². The van der Waals surface area contributed by atoms with Crippen LogP contribution < -0.4 is 34.3 Å². The maximum Gasteiger partial charge on any atom is 1.00 e. The molecule has 0 unspecified atom stereocenters. The first-order valence-corrected chi connectivity index (χ1v) is 8.69. The summed E-state index contributed by atoms with van der Waals surface area (Å²) in [5.74, 6) is -7.27. The SMILES string of the molecule is CC(C)CC(F)(F)/C=C(\F)C(C)C.CC(C)CC(F)(F)C(C)C.CO.[CH3-].[F-].[Na+]. The van der Waals surface area contributed by atoms with E-state index in [1.165, 1.54) is 0 Å². The quantitative estimate of drug-likeness (QED) is 0.367. The predicted octanol–water partition coefficient (Wildman–Crippen LogP) is 1.57. The second-order valence-electron chi connectivity index (χ2n) is 7.56. The van der Waals surface area contributed by atoms with E-state index in [0.717, 1.165) is 7.11 Å². The van der Waals surface area contributed by atoms with Crippen molar-refractivity contribution in [2.45, 2.75) is 80.1 Å². The number of aliphatic hydroxyl groups excluding tert-OH is 1. The molecule has 0 amide bonds. The third-order valence-electron chi connectivity index (χ3n) is 3.11. The average Bonchev–Trinajstić information content (AvgIpc) is 2.37. The maximum atomic E-state index is 13.0. The molecule has 0 aliphatic rings. The van der Waals surface area contributed by atoms with Gasteiger partial charge in [-0.3, -0.25) is 0 Å². The van der Waals surface area contributed by atoms with Crippen LogP contribution in [0.5, 0.6) is 0 Å². The van der Waals surface area contributed by atoms with E-state index in [4.69, 9.17) is 5.11 Å². The van der Waals surface area contributed by atoms with E-state index >= 15 is 0 Å². The summed E-state index contributed by atoms with van der Waals surface area (Å²) in [6.07, 6.45) is 0.148. The van der Waals surface area contributed by atoms with Crippen molar-refractivity contribution in [2.24, 2.45) is 23.7 Å². The Morgan fingerprint density at radius 2 is 1.14 bits per heavy atom. The summed E-state index contributed by atoms with van der Waals surface area (Å²) in [6, 6.07) is 0. The zero-order chi connectivity index (χ0) is 21.0. The van der Waals surface area contributed by atoms with Crippen molar-refractivity contribution >= 4 is 0 Å². The number of alkyl halides is 4. The Morgan fingerprint density at radius 3 is 1.32 bits per heavy atom. The molecule has 28 heavy (non-hydrogen) atoms. The third-order valence-corrected chi connectivity index (χ3v) is 3.11. The van der Waals surface area contributed by atoms with Crippen molar-refractivity contribution < 1.29 is 61.3 Å². The molecule has 1 N–H and O–H groups in total. The van der Waals surface area contributed by atoms with E-state index in [2.05, 4.69) is 0 Å². The molecule has 0 fully saturated rings. The van der Waals surface area contributed by atoms with E-state index < -0.39 is 29.5 Å². The summed E-state index contributed by atoms with van der Waals surface area (Å²) >= 11 is 0. The van der Waals surface area contributed by atoms with Crippen LogP contribution in [-0.4, -0.2) is 24.1 Å². The third kappa shape index (κ3) is 26.3. The molecule has 0 saturated carbocycles. The van der Waals surface area contributed by atoms with Gasteiger partial charge in [0.1, 0.15) is 5.83 Å². The second-order valence-corrected chi connectivity index (χ2v) is 7.56. The van der Waals surface area contributed by atoms with Crippen molar-refractivity contribution in [3.8, 4) is 0 Å². The van der Waals surface area contributed by atoms with Gasteiger partial charge >= 0.3 is 29.6 Å². The van der Waals surface area contributed by atoms with E-state index in [9.17, 15) is 22.0 Å². The van der Waals surface area contributed by atoms with E-state index in [1.807, 2.05) is 13.8 Å². The molecule has 0 aromatic carbocycles. The molecule has 0 aromatic rings. The molecule has 0 rings (SSSR count). The molecule has 0 spiro atoms. The number of aliphatic hydroxyl groups is 1. The maximum absolute atomic E-state index is 13.0. The fraction of sp³-hybridized carbons (Fsp3) is 0.850. The first kappa shape index (κ1) is 42.4. The summed E-state index contributed by atoms with van der Waals surface area (Å²) in [5, 5.41) is 7.00. The van der Waals surface area contributed by atoms with Crippen LogP contribution in [0.2, 0.25) is 0 Å². The smallest absolute Gasteiger partial charge is 1.00 e.